The van der Waals surface area contributed by atoms with Crippen LogP contribution in [0.2, 0.25) is 0 Å². The van der Waals surface area contributed by atoms with Gasteiger partial charge in [0, 0.05) is 43.4 Å². The van der Waals surface area contributed by atoms with E-state index in [-0.39, 0.29) is 11.9 Å². The van der Waals surface area contributed by atoms with Crippen molar-refractivity contribution in [2.75, 3.05) is 26.4 Å². The molecule has 0 unspecified atom stereocenters. The number of aryl methyl sites for hydroxylation is 1. The Morgan fingerprint density at radius 2 is 1.79 bits per heavy atom. The first-order valence-corrected chi connectivity index (χ1v) is 12.5. The average molecular weight is 422 g/mol. The largest absolute Gasteiger partial charge is 0.338 e. The molecule has 1 fully saturated rings. The van der Waals surface area contributed by atoms with Gasteiger partial charge in [-0.15, -0.1) is 11.3 Å². The van der Waals surface area contributed by atoms with E-state index in [4.69, 9.17) is 0 Å². The number of hydrogen-bond acceptors (Lipinski definition) is 4. The fourth-order valence-electron chi connectivity index (χ4n) is 4.29. The van der Waals surface area contributed by atoms with Crippen molar-refractivity contribution < 1.29 is 13.2 Å². The van der Waals surface area contributed by atoms with Crippen molar-refractivity contribution in [2.45, 2.75) is 44.6 Å². The van der Waals surface area contributed by atoms with Crippen molar-refractivity contribution in [1.29, 1.82) is 0 Å². The van der Waals surface area contributed by atoms with Crippen LogP contribution in [0.4, 0.5) is 0 Å². The first kappa shape index (κ1) is 19.7. The standard InChI is InChI=1S/C20H27N3O3S2/c1-21(28(2,25)26)15-9-13-22(14-10-15)19(24)18-16-7-3-4-8-17(16)27-20(18)23-11-5-6-12-23/h5-6,11-12,15H,3-4,7-10,13-14H2,1-2H3. The van der Waals surface area contributed by atoms with Gasteiger partial charge in [0.25, 0.3) is 5.91 Å². The Labute approximate surface area is 170 Å². The first-order valence-electron chi connectivity index (χ1n) is 9.86. The van der Waals surface area contributed by atoms with E-state index in [0.717, 1.165) is 29.8 Å². The summed E-state index contributed by atoms with van der Waals surface area (Å²) in [6, 6.07) is 3.94. The van der Waals surface area contributed by atoms with Crippen LogP contribution in [0.1, 0.15) is 46.5 Å². The van der Waals surface area contributed by atoms with Gasteiger partial charge >= 0.3 is 0 Å². The lowest BCUT2D eigenvalue weighted by molar-refractivity contribution is 0.0685. The highest BCUT2D eigenvalue weighted by Gasteiger charge is 2.33. The van der Waals surface area contributed by atoms with Crippen LogP contribution < -0.4 is 0 Å². The summed E-state index contributed by atoms with van der Waals surface area (Å²) in [5.74, 6) is 0.101. The molecule has 0 atom stereocenters. The molecular formula is C20H27N3O3S2. The van der Waals surface area contributed by atoms with E-state index in [9.17, 15) is 13.2 Å². The van der Waals surface area contributed by atoms with E-state index >= 15 is 0 Å². The Morgan fingerprint density at radius 3 is 2.43 bits per heavy atom. The molecule has 0 saturated carbocycles. The van der Waals surface area contributed by atoms with Crippen LogP contribution in [-0.4, -0.2) is 60.5 Å². The molecule has 1 saturated heterocycles. The number of rotatable bonds is 4. The van der Waals surface area contributed by atoms with Gasteiger partial charge < -0.3 is 9.47 Å². The minimum atomic E-state index is -3.20. The number of nitrogens with zero attached hydrogens (tertiary/aromatic N) is 3. The lowest BCUT2D eigenvalue weighted by atomic mass is 9.94. The third kappa shape index (κ3) is 3.65. The van der Waals surface area contributed by atoms with E-state index in [2.05, 4.69) is 4.57 Å². The molecule has 2 aliphatic rings. The zero-order chi connectivity index (χ0) is 19.9. The molecule has 1 amide bonds. The quantitative estimate of drug-likeness (QED) is 0.763. The van der Waals surface area contributed by atoms with Gasteiger partial charge in [-0.05, 0) is 56.2 Å². The summed E-state index contributed by atoms with van der Waals surface area (Å²) in [6.07, 6.45) is 11.0. The second-order valence-electron chi connectivity index (χ2n) is 7.78. The number of sulfonamides is 1. The van der Waals surface area contributed by atoms with Gasteiger partial charge in [0.2, 0.25) is 10.0 Å². The van der Waals surface area contributed by atoms with Crippen LogP contribution in [0.5, 0.6) is 0 Å². The molecule has 0 N–H and O–H groups in total. The highest BCUT2D eigenvalue weighted by molar-refractivity contribution is 7.88. The fourth-order valence-corrected chi connectivity index (χ4v) is 6.38. The van der Waals surface area contributed by atoms with Crippen LogP contribution in [-0.2, 0) is 22.9 Å². The van der Waals surface area contributed by atoms with Crippen molar-refractivity contribution in [3.63, 3.8) is 0 Å². The van der Waals surface area contributed by atoms with Gasteiger partial charge in [0.15, 0.2) is 0 Å². The second kappa shape index (κ2) is 7.65. The minimum Gasteiger partial charge on any atom is -0.338 e. The van der Waals surface area contributed by atoms with E-state index < -0.39 is 10.0 Å². The SMILES string of the molecule is CN(C1CCN(C(=O)c2c(-n3cccc3)sc3c2CCCC3)CC1)S(C)(=O)=O. The molecule has 0 aromatic carbocycles. The van der Waals surface area contributed by atoms with E-state index in [1.807, 2.05) is 29.4 Å². The van der Waals surface area contributed by atoms with Crippen LogP contribution >= 0.6 is 11.3 Å². The Bertz CT molecular complexity index is 955. The highest BCUT2D eigenvalue weighted by atomic mass is 32.2. The Hall–Kier alpha value is -1.64. The molecule has 2 aromatic heterocycles. The number of likely N-dealkylation sites (tertiary alicyclic amines) is 1. The predicted octanol–water partition coefficient (Wildman–Crippen LogP) is 2.91. The maximum atomic E-state index is 13.5. The fraction of sp³-hybridized carbons (Fsp3) is 0.550. The van der Waals surface area contributed by atoms with Gasteiger partial charge in [-0.25, -0.2) is 12.7 Å². The Morgan fingerprint density at radius 1 is 1.14 bits per heavy atom. The number of fused-ring (bicyclic) bond motifs is 1. The molecule has 2 aromatic rings. The highest BCUT2D eigenvalue weighted by Crippen LogP contribution is 2.38. The third-order valence-electron chi connectivity index (χ3n) is 5.99. The number of carbonyl (C=O) groups is 1. The number of aromatic nitrogens is 1. The number of hydrogen-bond donors (Lipinski definition) is 0. The minimum absolute atomic E-state index is 0.0284. The molecule has 1 aliphatic carbocycles. The molecule has 6 nitrogen and oxygen atoms in total. The van der Waals surface area contributed by atoms with Gasteiger partial charge in [-0.3, -0.25) is 4.79 Å². The lowest BCUT2D eigenvalue weighted by Gasteiger charge is -2.36. The number of thiophene rings is 1. The summed E-state index contributed by atoms with van der Waals surface area (Å²) < 4.78 is 27.1. The van der Waals surface area contributed by atoms with E-state index in [0.29, 0.717) is 25.9 Å². The molecule has 152 valence electrons. The van der Waals surface area contributed by atoms with Crippen LogP contribution in [0.15, 0.2) is 24.5 Å². The molecule has 0 spiro atoms. The van der Waals surface area contributed by atoms with Crippen LogP contribution in [0.3, 0.4) is 0 Å². The van der Waals surface area contributed by atoms with Gasteiger partial charge in [-0.2, -0.15) is 0 Å². The molecular weight excluding hydrogens is 394 g/mol. The molecule has 1 aliphatic heterocycles. The zero-order valence-electron chi connectivity index (χ0n) is 16.4. The summed E-state index contributed by atoms with van der Waals surface area (Å²) in [7, 11) is -1.57. The number of piperidine rings is 1. The van der Waals surface area contributed by atoms with E-state index in [1.54, 1.807) is 18.4 Å². The molecule has 3 heterocycles. The summed E-state index contributed by atoms with van der Waals surface area (Å²) in [5.41, 5.74) is 2.10. The third-order valence-corrected chi connectivity index (χ3v) is 8.64. The second-order valence-corrected chi connectivity index (χ2v) is 10.9. The number of amides is 1. The summed E-state index contributed by atoms with van der Waals surface area (Å²) in [6.45, 7) is 1.19. The topological polar surface area (TPSA) is 62.6 Å². The number of carbonyl (C=O) groups excluding carboxylic acids is 1. The van der Waals surface area contributed by atoms with Gasteiger partial charge in [0.05, 0.1) is 11.8 Å². The maximum absolute atomic E-state index is 13.5. The van der Waals surface area contributed by atoms with Crippen molar-refractivity contribution in [1.82, 2.24) is 13.8 Å². The van der Waals surface area contributed by atoms with Gasteiger partial charge in [-0.1, -0.05) is 0 Å². The summed E-state index contributed by atoms with van der Waals surface area (Å²) in [5, 5.41) is 1.03. The normalized spacial score (nSPS) is 18.5. The average Bonchev–Trinajstić information content (AvgIpc) is 3.33. The molecule has 0 bridgehead atoms. The van der Waals surface area contributed by atoms with Crippen LogP contribution in [0.25, 0.3) is 5.00 Å². The monoisotopic (exact) mass is 421 g/mol. The Balaban J connectivity index is 1.58. The van der Waals surface area contributed by atoms with Crippen molar-refractivity contribution in [2.24, 2.45) is 0 Å². The molecule has 0 radical (unpaired) electrons. The summed E-state index contributed by atoms with van der Waals surface area (Å²) in [4.78, 5) is 16.8. The Kier molecular flexibility index (Phi) is 5.37. The molecule has 4 rings (SSSR count). The maximum Gasteiger partial charge on any atom is 0.257 e. The van der Waals surface area contributed by atoms with Crippen LogP contribution in [0, 0.1) is 0 Å². The first-order chi connectivity index (χ1) is 13.4. The molecule has 8 heteroatoms. The summed E-state index contributed by atoms with van der Waals surface area (Å²) >= 11 is 1.75. The van der Waals surface area contributed by atoms with Crippen molar-refractivity contribution >= 4 is 27.3 Å². The van der Waals surface area contributed by atoms with Gasteiger partial charge in [0.1, 0.15) is 5.00 Å². The van der Waals surface area contributed by atoms with Crippen molar-refractivity contribution in [3.8, 4) is 5.00 Å². The lowest BCUT2D eigenvalue weighted by Crippen LogP contribution is -2.47. The smallest absolute Gasteiger partial charge is 0.257 e. The molecule has 28 heavy (non-hydrogen) atoms. The zero-order valence-corrected chi connectivity index (χ0v) is 18.1. The van der Waals surface area contributed by atoms with E-state index in [1.165, 1.54) is 27.4 Å². The predicted molar refractivity (Wildman–Crippen MR) is 112 cm³/mol. The van der Waals surface area contributed by atoms with Crippen molar-refractivity contribution in [3.05, 3.63) is 40.5 Å².